The van der Waals surface area contributed by atoms with Gasteiger partial charge in [-0.05, 0) is 23.3 Å². The molecule has 5 atom stereocenters. The summed E-state index contributed by atoms with van der Waals surface area (Å²) in [4.78, 5) is 0. The van der Waals surface area contributed by atoms with E-state index < -0.39 is 29.1 Å². The molecule has 1 saturated carbocycles. The predicted molar refractivity (Wildman–Crippen MR) is 141 cm³/mol. The highest BCUT2D eigenvalue weighted by atomic mass is 16.5. The number of aliphatic hydroxyl groups excluding tert-OH is 1. The molecule has 3 N–H and O–H groups in total. The number of aromatic nitrogens is 2. The normalized spacial score (nSPS) is 26.9. The van der Waals surface area contributed by atoms with Crippen LogP contribution in [0.2, 0.25) is 0 Å². The van der Waals surface area contributed by atoms with Crippen LogP contribution in [0.4, 0.5) is 6.01 Å². The molecule has 4 aromatic rings. The van der Waals surface area contributed by atoms with E-state index in [0.717, 1.165) is 5.56 Å². The van der Waals surface area contributed by atoms with Gasteiger partial charge in [0.05, 0.1) is 32.8 Å². The lowest BCUT2D eigenvalue weighted by Crippen LogP contribution is -2.52. The zero-order chi connectivity index (χ0) is 27.4. The maximum atomic E-state index is 13.0. The molecule has 3 aromatic carbocycles. The van der Waals surface area contributed by atoms with Crippen LogP contribution in [0.1, 0.15) is 34.4 Å². The minimum atomic E-state index is -2.01. The number of nitrogens with one attached hydrogen (secondary N) is 1. The second-order valence-corrected chi connectivity index (χ2v) is 9.59. The van der Waals surface area contributed by atoms with Crippen LogP contribution >= 0.6 is 0 Å². The number of rotatable bonds is 7. The molecule has 1 aliphatic carbocycles. The van der Waals surface area contributed by atoms with Crippen LogP contribution in [-0.2, 0) is 11.2 Å². The van der Waals surface area contributed by atoms with Crippen molar-refractivity contribution in [1.82, 2.24) is 10.2 Å². The quantitative estimate of drug-likeness (QED) is 0.326. The minimum Gasteiger partial charge on any atom is -0.497 e. The third kappa shape index (κ3) is 3.34. The van der Waals surface area contributed by atoms with Gasteiger partial charge in [0.15, 0.2) is 11.2 Å². The molecule has 202 valence electrons. The van der Waals surface area contributed by atoms with Crippen LogP contribution < -0.4 is 24.3 Å². The minimum absolute atomic E-state index is 0.161. The van der Waals surface area contributed by atoms with Crippen LogP contribution in [0, 0.1) is 0 Å². The lowest BCUT2D eigenvalue weighted by atomic mass is 9.70. The average molecular weight is 532 g/mol. The van der Waals surface area contributed by atoms with Gasteiger partial charge in [-0.15, -0.1) is 5.10 Å². The Kier molecular flexibility index (Phi) is 5.89. The molecule has 0 amide bonds. The molecule has 1 aromatic heterocycles. The zero-order valence-electron chi connectivity index (χ0n) is 21.9. The molecule has 6 rings (SSSR count). The molecular weight excluding hydrogens is 502 g/mol. The van der Waals surface area contributed by atoms with Crippen molar-refractivity contribution >= 4 is 6.01 Å². The molecule has 0 radical (unpaired) electrons. The summed E-state index contributed by atoms with van der Waals surface area (Å²) in [7, 11) is 6.28. The van der Waals surface area contributed by atoms with E-state index in [1.807, 2.05) is 42.5 Å². The summed E-state index contributed by atoms with van der Waals surface area (Å²) in [5.74, 6) is 0.398. The van der Waals surface area contributed by atoms with Crippen molar-refractivity contribution in [1.29, 1.82) is 0 Å². The number of aliphatic hydroxyl groups is 2. The zero-order valence-corrected chi connectivity index (χ0v) is 21.9. The lowest BCUT2D eigenvalue weighted by Gasteiger charge is -2.40. The Balaban J connectivity index is 1.70. The standard InChI is InChI=1S/C29H29N3O7/c1-30-27-32-31-26(38-27)22-23(16-8-6-5-7-9-16)29(17-10-12-18(35-2)13-11-17)28(34,25(22)33)24-20(37-4)14-19(36-3)15-21(24)39-29/h5-15,22-23,25,33-34H,1-4H3,(H,30,32)/t22-,23?,25-,28?,29?/m1/s1. The largest absolute Gasteiger partial charge is 0.497 e. The van der Waals surface area contributed by atoms with Crippen molar-refractivity contribution in [2.24, 2.45) is 0 Å². The molecular formula is C29H29N3O7. The summed E-state index contributed by atoms with van der Waals surface area (Å²) in [6, 6.07) is 20.4. The Bertz CT molecular complexity index is 1490. The van der Waals surface area contributed by atoms with E-state index in [1.54, 1.807) is 38.4 Å². The number of methoxy groups -OCH3 is 3. The first-order valence-corrected chi connectivity index (χ1v) is 12.5. The number of benzene rings is 3. The van der Waals surface area contributed by atoms with E-state index in [9.17, 15) is 10.2 Å². The van der Waals surface area contributed by atoms with Gasteiger partial charge < -0.3 is 38.9 Å². The second-order valence-electron chi connectivity index (χ2n) is 9.59. The molecule has 0 bridgehead atoms. The molecule has 1 fully saturated rings. The van der Waals surface area contributed by atoms with E-state index in [1.165, 1.54) is 14.2 Å². The number of hydrogen-bond acceptors (Lipinski definition) is 10. The molecule has 0 spiro atoms. The highest BCUT2D eigenvalue weighted by Crippen LogP contribution is 2.72. The van der Waals surface area contributed by atoms with Gasteiger partial charge in [0.25, 0.3) is 0 Å². The number of anilines is 1. The molecule has 10 heteroatoms. The van der Waals surface area contributed by atoms with Gasteiger partial charge in [0, 0.05) is 25.1 Å². The average Bonchev–Trinajstić information content (AvgIpc) is 3.61. The summed E-state index contributed by atoms with van der Waals surface area (Å²) in [6.07, 6.45) is -1.45. The maximum Gasteiger partial charge on any atom is 0.315 e. The Morgan fingerprint density at radius 1 is 0.897 bits per heavy atom. The van der Waals surface area contributed by atoms with Crippen LogP contribution in [-0.4, -0.2) is 54.9 Å². The van der Waals surface area contributed by atoms with Crippen molar-refractivity contribution in [2.45, 2.75) is 29.1 Å². The first kappa shape index (κ1) is 25.0. The Labute approximate surface area is 225 Å². The van der Waals surface area contributed by atoms with Gasteiger partial charge in [-0.25, -0.2) is 0 Å². The van der Waals surface area contributed by atoms with Crippen molar-refractivity contribution in [3.63, 3.8) is 0 Å². The van der Waals surface area contributed by atoms with E-state index >= 15 is 0 Å². The van der Waals surface area contributed by atoms with Gasteiger partial charge in [-0.2, -0.15) is 0 Å². The van der Waals surface area contributed by atoms with Crippen LogP contribution in [0.25, 0.3) is 0 Å². The SMILES string of the molecule is CNc1nnc([C@@H]2C(c3ccccc3)C3(c4ccc(OC)cc4)Oc4cc(OC)cc(OC)c4C3(O)[C@@H]2O)o1. The number of fused-ring (bicyclic) bond motifs is 3. The maximum absolute atomic E-state index is 13.0. The predicted octanol–water partition coefficient (Wildman–Crippen LogP) is 3.55. The topological polar surface area (TPSA) is 128 Å². The monoisotopic (exact) mass is 531 g/mol. The third-order valence-corrected chi connectivity index (χ3v) is 7.90. The first-order valence-electron chi connectivity index (χ1n) is 12.5. The van der Waals surface area contributed by atoms with E-state index in [4.69, 9.17) is 23.4 Å². The fourth-order valence-electron chi connectivity index (χ4n) is 6.25. The third-order valence-electron chi connectivity index (χ3n) is 7.90. The lowest BCUT2D eigenvalue weighted by molar-refractivity contribution is -0.151. The number of ether oxygens (including phenoxy) is 4. The molecule has 39 heavy (non-hydrogen) atoms. The van der Waals surface area contributed by atoms with Crippen molar-refractivity contribution in [3.8, 4) is 23.0 Å². The second kappa shape index (κ2) is 9.18. The summed E-state index contributed by atoms with van der Waals surface area (Å²) in [5, 5.41) is 36.3. The molecule has 2 heterocycles. The van der Waals surface area contributed by atoms with Crippen molar-refractivity contribution in [2.75, 3.05) is 33.7 Å². The van der Waals surface area contributed by atoms with Crippen molar-refractivity contribution in [3.05, 3.63) is 89.3 Å². The summed E-state index contributed by atoms with van der Waals surface area (Å²) in [6.45, 7) is 0. The van der Waals surface area contributed by atoms with Gasteiger partial charge in [-0.3, -0.25) is 0 Å². The molecule has 1 aliphatic heterocycles. The first-order chi connectivity index (χ1) is 18.9. The fourth-order valence-corrected chi connectivity index (χ4v) is 6.25. The molecule has 2 aliphatic rings. The summed E-state index contributed by atoms with van der Waals surface area (Å²) in [5.41, 5.74) is -1.82. The van der Waals surface area contributed by atoms with Crippen LogP contribution in [0.3, 0.4) is 0 Å². The summed E-state index contributed by atoms with van der Waals surface area (Å²) < 4.78 is 29.4. The van der Waals surface area contributed by atoms with Gasteiger partial charge in [0.2, 0.25) is 5.89 Å². The summed E-state index contributed by atoms with van der Waals surface area (Å²) >= 11 is 0. The van der Waals surface area contributed by atoms with Gasteiger partial charge >= 0.3 is 6.01 Å². The molecule has 0 saturated heterocycles. The van der Waals surface area contributed by atoms with Crippen molar-refractivity contribution < 1.29 is 33.6 Å². The van der Waals surface area contributed by atoms with E-state index in [2.05, 4.69) is 15.5 Å². The van der Waals surface area contributed by atoms with Gasteiger partial charge in [0.1, 0.15) is 29.1 Å². The highest BCUT2D eigenvalue weighted by molar-refractivity contribution is 5.63. The Morgan fingerprint density at radius 2 is 1.62 bits per heavy atom. The van der Waals surface area contributed by atoms with E-state index in [0.29, 0.717) is 34.1 Å². The van der Waals surface area contributed by atoms with Crippen LogP contribution in [0.5, 0.6) is 23.0 Å². The molecule has 10 nitrogen and oxygen atoms in total. The smallest absolute Gasteiger partial charge is 0.315 e. The van der Waals surface area contributed by atoms with Crippen LogP contribution in [0.15, 0.2) is 71.1 Å². The van der Waals surface area contributed by atoms with E-state index in [-0.39, 0.29) is 11.9 Å². The highest BCUT2D eigenvalue weighted by Gasteiger charge is 2.78. The Hall–Kier alpha value is -4.28. The number of hydrogen-bond donors (Lipinski definition) is 3. The fraction of sp³-hybridized carbons (Fsp3) is 0.310. The van der Waals surface area contributed by atoms with Gasteiger partial charge in [-0.1, -0.05) is 47.6 Å². The number of nitrogens with zero attached hydrogens (tertiary/aromatic N) is 2. The molecule has 3 unspecified atom stereocenters. The Morgan fingerprint density at radius 3 is 2.23 bits per heavy atom.